The monoisotopic (exact) mass is 373 g/mol. The van der Waals surface area contributed by atoms with Crippen molar-refractivity contribution < 1.29 is 14.3 Å². The lowest BCUT2D eigenvalue weighted by Crippen LogP contribution is -2.48. The number of ether oxygens (including phenoxy) is 2. The van der Waals surface area contributed by atoms with Crippen LogP contribution in [0.5, 0.6) is 11.5 Å². The van der Waals surface area contributed by atoms with Gasteiger partial charge in [0.1, 0.15) is 11.5 Å². The van der Waals surface area contributed by atoms with E-state index in [0.29, 0.717) is 11.7 Å². The third kappa shape index (κ3) is 5.93. The van der Waals surface area contributed by atoms with Crippen LogP contribution >= 0.6 is 12.2 Å². The molecule has 2 aromatic rings. The Morgan fingerprint density at radius 1 is 1.04 bits per heavy atom. The second-order valence-electron chi connectivity index (χ2n) is 5.71. The summed E-state index contributed by atoms with van der Waals surface area (Å²) in [4.78, 5) is 11.9. The average molecular weight is 373 g/mol. The van der Waals surface area contributed by atoms with E-state index < -0.39 is 0 Å². The Morgan fingerprint density at radius 2 is 1.69 bits per heavy atom. The van der Waals surface area contributed by atoms with Crippen LogP contribution in [0.2, 0.25) is 0 Å². The first-order valence-corrected chi connectivity index (χ1v) is 8.55. The number of hydrazine groups is 1. The smallest absolute Gasteiger partial charge is 0.276 e. The first-order chi connectivity index (χ1) is 12.5. The lowest BCUT2D eigenvalue weighted by Gasteiger charge is -2.14. The first-order valence-electron chi connectivity index (χ1n) is 8.14. The summed E-state index contributed by atoms with van der Waals surface area (Å²) in [6, 6.07) is 13.5. The van der Waals surface area contributed by atoms with Crippen molar-refractivity contribution in [2.45, 2.75) is 20.4 Å². The van der Waals surface area contributed by atoms with E-state index in [4.69, 9.17) is 21.7 Å². The Kier molecular flexibility index (Phi) is 7.23. The van der Waals surface area contributed by atoms with E-state index in [1.807, 2.05) is 56.3 Å². The number of amides is 1. The van der Waals surface area contributed by atoms with Gasteiger partial charge in [0, 0.05) is 6.54 Å². The second-order valence-corrected chi connectivity index (χ2v) is 6.12. The van der Waals surface area contributed by atoms with Crippen LogP contribution in [0.15, 0.2) is 42.5 Å². The predicted molar refractivity (Wildman–Crippen MR) is 105 cm³/mol. The van der Waals surface area contributed by atoms with Gasteiger partial charge in [-0.2, -0.15) is 0 Å². The molecule has 0 aliphatic rings. The molecule has 0 spiro atoms. The predicted octanol–water partition coefficient (Wildman–Crippen LogP) is 2.39. The zero-order chi connectivity index (χ0) is 18.9. The average Bonchev–Trinajstić information content (AvgIpc) is 2.64. The Balaban J connectivity index is 1.70. The molecule has 2 aromatic carbocycles. The van der Waals surface area contributed by atoms with Crippen LogP contribution in [-0.2, 0) is 11.3 Å². The van der Waals surface area contributed by atoms with Crippen molar-refractivity contribution in [1.82, 2.24) is 16.2 Å². The lowest BCUT2D eigenvalue weighted by molar-refractivity contribution is -0.123. The van der Waals surface area contributed by atoms with Gasteiger partial charge >= 0.3 is 0 Å². The van der Waals surface area contributed by atoms with E-state index >= 15 is 0 Å². The minimum absolute atomic E-state index is 0.0974. The minimum Gasteiger partial charge on any atom is -0.497 e. The van der Waals surface area contributed by atoms with Crippen molar-refractivity contribution in [1.29, 1.82) is 0 Å². The molecule has 26 heavy (non-hydrogen) atoms. The number of carbonyl (C=O) groups is 1. The third-order valence-electron chi connectivity index (χ3n) is 3.68. The number of aryl methyl sites for hydroxylation is 2. The third-order valence-corrected chi connectivity index (χ3v) is 3.93. The van der Waals surface area contributed by atoms with Crippen molar-refractivity contribution in [2.24, 2.45) is 0 Å². The van der Waals surface area contributed by atoms with E-state index in [1.54, 1.807) is 7.11 Å². The molecule has 0 bridgehead atoms. The molecule has 0 heterocycles. The highest BCUT2D eigenvalue weighted by Gasteiger charge is 2.07. The number of nitrogens with one attached hydrogen (secondary N) is 3. The number of benzene rings is 2. The normalized spacial score (nSPS) is 9.96. The summed E-state index contributed by atoms with van der Waals surface area (Å²) < 4.78 is 10.7. The Hall–Kier alpha value is -2.80. The van der Waals surface area contributed by atoms with Crippen LogP contribution < -0.4 is 25.6 Å². The fraction of sp³-hybridized carbons (Fsp3) is 0.263. The van der Waals surface area contributed by atoms with Crippen molar-refractivity contribution in [2.75, 3.05) is 13.7 Å². The summed E-state index contributed by atoms with van der Waals surface area (Å²) in [5.41, 5.74) is 8.18. The number of carbonyl (C=O) groups excluding carboxylic acids is 1. The highest BCUT2D eigenvalue weighted by Crippen LogP contribution is 2.21. The molecule has 3 N–H and O–H groups in total. The molecule has 0 aliphatic heterocycles. The highest BCUT2D eigenvalue weighted by molar-refractivity contribution is 7.80. The van der Waals surface area contributed by atoms with Crippen LogP contribution in [0.3, 0.4) is 0 Å². The molecule has 0 aromatic heterocycles. The molecule has 0 radical (unpaired) electrons. The van der Waals surface area contributed by atoms with Gasteiger partial charge in [0.25, 0.3) is 5.91 Å². The molecule has 0 saturated heterocycles. The van der Waals surface area contributed by atoms with Crippen LogP contribution in [-0.4, -0.2) is 24.7 Å². The Morgan fingerprint density at radius 3 is 2.31 bits per heavy atom. The van der Waals surface area contributed by atoms with Gasteiger partial charge in [-0.3, -0.25) is 15.6 Å². The maximum Gasteiger partial charge on any atom is 0.276 e. The van der Waals surface area contributed by atoms with Crippen LogP contribution in [0.25, 0.3) is 0 Å². The van der Waals surface area contributed by atoms with Crippen LogP contribution in [0.4, 0.5) is 0 Å². The van der Waals surface area contributed by atoms with E-state index in [9.17, 15) is 4.79 Å². The van der Waals surface area contributed by atoms with Gasteiger partial charge in [-0.05, 0) is 54.9 Å². The van der Waals surface area contributed by atoms with E-state index in [-0.39, 0.29) is 12.5 Å². The molecule has 0 aliphatic carbocycles. The molecule has 138 valence electrons. The lowest BCUT2D eigenvalue weighted by atomic mass is 10.1. The number of para-hydroxylation sites is 1. The SMILES string of the molecule is COc1ccc(CNC(=S)NNC(=O)COc2c(C)cccc2C)cc1. The number of hydrogen-bond acceptors (Lipinski definition) is 4. The Bertz CT molecular complexity index is 743. The molecule has 6 nitrogen and oxygen atoms in total. The standard InChI is InChI=1S/C19H23N3O3S/c1-13-5-4-6-14(2)18(13)25-12-17(23)21-22-19(26)20-11-15-7-9-16(24-3)10-8-15/h4-10H,11-12H2,1-3H3,(H,21,23)(H2,20,22,26). The Labute approximate surface area is 158 Å². The van der Waals surface area contributed by atoms with Gasteiger partial charge in [0.05, 0.1) is 7.11 Å². The number of methoxy groups -OCH3 is 1. The summed E-state index contributed by atoms with van der Waals surface area (Å²) in [7, 11) is 1.62. The van der Waals surface area contributed by atoms with Crippen molar-refractivity contribution in [3.8, 4) is 11.5 Å². The van der Waals surface area contributed by atoms with Gasteiger partial charge in [-0.25, -0.2) is 0 Å². The molecule has 0 unspecified atom stereocenters. The zero-order valence-corrected chi connectivity index (χ0v) is 15.9. The van der Waals surface area contributed by atoms with Crippen molar-refractivity contribution in [3.63, 3.8) is 0 Å². The van der Waals surface area contributed by atoms with Gasteiger partial charge in [0.15, 0.2) is 11.7 Å². The van der Waals surface area contributed by atoms with Crippen LogP contribution in [0, 0.1) is 13.8 Å². The molecular formula is C19H23N3O3S. The molecule has 0 fully saturated rings. The number of rotatable bonds is 6. The van der Waals surface area contributed by atoms with Crippen molar-refractivity contribution >= 4 is 23.2 Å². The van der Waals surface area contributed by atoms with Crippen LogP contribution in [0.1, 0.15) is 16.7 Å². The summed E-state index contributed by atoms with van der Waals surface area (Å²) in [5.74, 6) is 1.20. The summed E-state index contributed by atoms with van der Waals surface area (Å²) in [5, 5.41) is 3.33. The first kappa shape index (κ1) is 19.5. The second kappa shape index (κ2) is 9.62. The van der Waals surface area contributed by atoms with Gasteiger partial charge in [0.2, 0.25) is 0 Å². The number of thiocarbonyl (C=S) groups is 1. The molecule has 0 atom stereocenters. The molecule has 1 amide bonds. The quantitative estimate of drug-likeness (QED) is 0.533. The highest BCUT2D eigenvalue weighted by atomic mass is 32.1. The van der Waals surface area contributed by atoms with Gasteiger partial charge in [-0.1, -0.05) is 30.3 Å². The fourth-order valence-electron chi connectivity index (χ4n) is 2.30. The number of hydrogen-bond donors (Lipinski definition) is 3. The molecule has 2 rings (SSSR count). The van der Waals surface area contributed by atoms with Crippen molar-refractivity contribution in [3.05, 3.63) is 59.2 Å². The zero-order valence-electron chi connectivity index (χ0n) is 15.1. The summed E-state index contributed by atoms with van der Waals surface area (Å²) in [6.45, 7) is 4.32. The largest absolute Gasteiger partial charge is 0.497 e. The van der Waals surface area contributed by atoms with Gasteiger partial charge in [-0.15, -0.1) is 0 Å². The maximum atomic E-state index is 11.9. The topological polar surface area (TPSA) is 71.6 Å². The summed E-state index contributed by atoms with van der Waals surface area (Å²) >= 11 is 5.14. The minimum atomic E-state index is -0.318. The summed E-state index contributed by atoms with van der Waals surface area (Å²) in [6.07, 6.45) is 0. The van der Waals surface area contributed by atoms with Gasteiger partial charge < -0.3 is 14.8 Å². The molecular weight excluding hydrogens is 350 g/mol. The molecule has 0 saturated carbocycles. The molecule has 7 heteroatoms. The fourth-order valence-corrected chi connectivity index (χ4v) is 2.42. The van der Waals surface area contributed by atoms with E-state index in [2.05, 4.69) is 16.2 Å². The maximum absolute atomic E-state index is 11.9. The van der Waals surface area contributed by atoms with E-state index in [0.717, 1.165) is 28.2 Å². The van der Waals surface area contributed by atoms with E-state index in [1.165, 1.54) is 0 Å².